The van der Waals surface area contributed by atoms with E-state index in [1.807, 2.05) is 0 Å². The zero-order chi connectivity index (χ0) is 10.1. The summed E-state index contributed by atoms with van der Waals surface area (Å²) in [6, 6.07) is 6.65. The minimum absolute atomic E-state index is 0.545. The third-order valence-corrected chi connectivity index (χ3v) is 2.92. The molecular formula is C13H18O. The Morgan fingerprint density at radius 3 is 2.50 bits per heavy atom. The fourth-order valence-electron chi connectivity index (χ4n) is 1.87. The van der Waals surface area contributed by atoms with Crippen LogP contribution < -0.4 is 4.74 Å². The van der Waals surface area contributed by atoms with Gasteiger partial charge in [-0.15, -0.1) is 0 Å². The van der Waals surface area contributed by atoms with E-state index in [2.05, 4.69) is 32.0 Å². The van der Waals surface area contributed by atoms with Gasteiger partial charge in [-0.25, -0.2) is 0 Å². The summed E-state index contributed by atoms with van der Waals surface area (Å²) in [6.07, 6.45) is 2.73. The summed E-state index contributed by atoms with van der Waals surface area (Å²) >= 11 is 0. The molecule has 1 aliphatic carbocycles. The van der Waals surface area contributed by atoms with Gasteiger partial charge in [-0.3, -0.25) is 0 Å². The molecule has 0 bridgehead atoms. The monoisotopic (exact) mass is 190 g/mol. The third-order valence-electron chi connectivity index (χ3n) is 2.92. The van der Waals surface area contributed by atoms with Gasteiger partial charge < -0.3 is 4.74 Å². The Bertz CT molecular complexity index is 324. The molecule has 0 unspecified atom stereocenters. The van der Waals surface area contributed by atoms with E-state index < -0.39 is 0 Å². The van der Waals surface area contributed by atoms with Crippen molar-refractivity contribution in [2.24, 2.45) is 0 Å². The Balaban J connectivity index is 2.35. The van der Waals surface area contributed by atoms with Crippen molar-refractivity contribution < 1.29 is 4.74 Å². The molecule has 14 heavy (non-hydrogen) atoms. The summed E-state index contributed by atoms with van der Waals surface area (Å²) in [4.78, 5) is 0. The lowest BCUT2D eigenvalue weighted by Crippen LogP contribution is -1.95. The van der Waals surface area contributed by atoms with Crippen molar-refractivity contribution in [2.75, 3.05) is 7.11 Å². The maximum absolute atomic E-state index is 5.36. The van der Waals surface area contributed by atoms with E-state index in [1.165, 1.54) is 24.0 Å². The van der Waals surface area contributed by atoms with Gasteiger partial charge in [0.15, 0.2) is 0 Å². The van der Waals surface area contributed by atoms with Crippen LogP contribution in [0.3, 0.4) is 0 Å². The molecule has 1 nitrogen and oxygen atoms in total. The molecule has 0 spiro atoms. The van der Waals surface area contributed by atoms with Gasteiger partial charge in [0.2, 0.25) is 0 Å². The van der Waals surface area contributed by atoms with E-state index in [0.29, 0.717) is 5.92 Å². The van der Waals surface area contributed by atoms with E-state index in [4.69, 9.17) is 4.74 Å². The molecule has 0 heterocycles. The van der Waals surface area contributed by atoms with Crippen molar-refractivity contribution in [1.29, 1.82) is 0 Å². The van der Waals surface area contributed by atoms with Crippen LogP contribution in [-0.2, 0) is 0 Å². The van der Waals surface area contributed by atoms with Crippen LogP contribution in [0.5, 0.6) is 5.75 Å². The van der Waals surface area contributed by atoms with Crippen molar-refractivity contribution in [3.8, 4) is 5.75 Å². The lowest BCUT2D eigenvalue weighted by atomic mass is 9.98. The van der Waals surface area contributed by atoms with E-state index in [0.717, 1.165) is 11.7 Å². The number of benzene rings is 1. The van der Waals surface area contributed by atoms with Crippen LogP contribution in [-0.4, -0.2) is 7.11 Å². The van der Waals surface area contributed by atoms with Crippen molar-refractivity contribution >= 4 is 0 Å². The SMILES string of the molecule is COc1ccc(C2CC2)cc1C(C)C. The molecule has 2 rings (SSSR count). The Kier molecular flexibility index (Phi) is 2.49. The maximum atomic E-state index is 5.36. The molecule has 0 N–H and O–H groups in total. The lowest BCUT2D eigenvalue weighted by Gasteiger charge is -2.13. The Morgan fingerprint density at radius 1 is 1.29 bits per heavy atom. The van der Waals surface area contributed by atoms with Crippen LogP contribution in [0, 0.1) is 0 Å². The number of methoxy groups -OCH3 is 1. The van der Waals surface area contributed by atoms with E-state index in [9.17, 15) is 0 Å². The van der Waals surface area contributed by atoms with E-state index in [1.54, 1.807) is 7.11 Å². The van der Waals surface area contributed by atoms with Gasteiger partial charge in [0.1, 0.15) is 5.75 Å². The highest BCUT2D eigenvalue weighted by molar-refractivity contribution is 5.41. The predicted octanol–water partition coefficient (Wildman–Crippen LogP) is 3.70. The highest BCUT2D eigenvalue weighted by Crippen LogP contribution is 2.42. The number of hydrogen-bond acceptors (Lipinski definition) is 1. The molecule has 76 valence electrons. The zero-order valence-corrected chi connectivity index (χ0v) is 9.21. The Morgan fingerprint density at radius 2 is 2.00 bits per heavy atom. The predicted molar refractivity (Wildman–Crippen MR) is 59.1 cm³/mol. The molecule has 0 saturated heterocycles. The molecule has 0 radical (unpaired) electrons. The first-order valence-electron chi connectivity index (χ1n) is 5.40. The van der Waals surface area contributed by atoms with Gasteiger partial charge in [-0.2, -0.15) is 0 Å². The number of ether oxygens (including phenoxy) is 1. The van der Waals surface area contributed by atoms with E-state index >= 15 is 0 Å². The van der Waals surface area contributed by atoms with Gasteiger partial charge in [0.05, 0.1) is 7.11 Å². The highest BCUT2D eigenvalue weighted by Gasteiger charge is 2.24. The standard InChI is InChI=1S/C13H18O/c1-9(2)12-8-11(10-4-5-10)6-7-13(12)14-3/h6-10H,4-5H2,1-3H3. The first kappa shape index (κ1) is 9.57. The maximum Gasteiger partial charge on any atom is 0.122 e. The van der Waals surface area contributed by atoms with Crippen LogP contribution in [0.25, 0.3) is 0 Å². The first-order chi connectivity index (χ1) is 6.72. The van der Waals surface area contributed by atoms with Gasteiger partial charge in [0.25, 0.3) is 0 Å². The fourth-order valence-corrected chi connectivity index (χ4v) is 1.87. The summed E-state index contributed by atoms with van der Waals surface area (Å²) in [7, 11) is 1.75. The lowest BCUT2D eigenvalue weighted by molar-refractivity contribution is 0.407. The van der Waals surface area contributed by atoms with Gasteiger partial charge in [-0.05, 0) is 41.9 Å². The smallest absolute Gasteiger partial charge is 0.122 e. The molecule has 1 fully saturated rings. The number of rotatable bonds is 3. The summed E-state index contributed by atoms with van der Waals surface area (Å²) in [5.74, 6) is 2.41. The average Bonchev–Trinajstić information content (AvgIpc) is 3.00. The van der Waals surface area contributed by atoms with Crippen molar-refractivity contribution in [3.05, 3.63) is 29.3 Å². The Hall–Kier alpha value is -0.980. The van der Waals surface area contributed by atoms with Crippen molar-refractivity contribution in [1.82, 2.24) is 0 Å². The van der Waals surface area contributed by atoms with Gasteiger partial charge in [-0.1, -0.05) is 26.0 Å². The van der Waals surface area contributed by atoms with E-state index in [-0.39, 0.29) is 0 Å². The second kappa shape index (κ2) is 3.64. The Labute approximate surface area is 86.1 Å². The molecule has 0 aromatic heterocycles. The van der Waals surface area contributed by atoms with Crippen LogP contribution in [0.2, 0.25) is 0 Å². The van der Waals surface area contributed by atoms with Crippen LogP contribution in [0.1, 0.15) is 49.7 Å². The summed E-state index contributed by atoms with van der Waals surface area (Å²) in [5, 5.41) is 0. The van der Waals surface area contributed by atoms with Crippen LogP contribution >= 0.6 is 0 Å². The minimum atomic E-state index is 0.545. The zero-order valence-electron chi connectivity index (χ0n) is 9.21. The largest absolute Gasteiger partial charge is 0.496 e. The third kappa shape index (κ3) is 1.77. The highest BCUT2D eigenvalue weighted by atomic mass is 16.5. The quantitative estimate of drug-likeness (QED) is 0.706. The van der Waals surface area contributed by atoms with Gasteiger partial charge in [0, 0.05) is 0 Å². The summed E-state index contributed by atoms with van der Waals surface area (Å²) in [5.41, 5.74) is 2.84. The topological polar surface area (TPSA) is 9.23 Å². The summed E-state index contributed by atoms with van der Waals surface area (Å²) < 4.78 is 5.36. The molecule has 1 aliphatic rings. The molecule has 0 aliphatic heterocycles. The van der Waals surface area contributed by atoms with Crippen molar-refractivity contribution in [2.45, 2.75) is 38.5 Å². The minimum Gasteiger partial charge on any atom is -0.496 e. The molecule has 1 aromatic rings. The second-order valence-corrected chi connectivity index (χ2v) is 4.43. The van der Waals surface area contributed by atoms with Crippen molar-refractivity contribution in [3.63, 3.8) is 0 Å². The molecule has 0 atom stereocenters. The first-order valence-corrected chi connectivity index (χ1v) is 5.40. The fraction of sp³-hybridized carbons (Fsp3) is 0.538. The summed E-state index contributed by atoms with van der Waals surface area (Å²) in [6.45, 7) is 4.43. The molecule has 1 saturated carbocycles. The molecule has 1 aromatic carbocycles. The van der Waals surface area contributed by atoms with Crippen LogP contribution in [0.15, 0.2) is 18.2 Å². The molecular weight excluding hydrogens is 172 g/mol. The normalized spacial score (nSPS) is 16.0. The second-order valence-electron chi connectivity index (χ2n) is 4.43. The molecule has 0 amide bonds. The number of hydrogen-bond donors (Lipinski definition) is 0. The van der Waals surface area contributed by atoms with Crippen LogP contribution in [0.4, 0.5) is 0 Å². The molecule has 1 heteroatoms. The average molecular weight is 190 g/mol. The van der Waals surface area contributed by atoms with Gasteiger partial charge >= 0.3 is 0 Å².